The molecule has 6 nitrogen and oxygen atoms in total. The maximum atomic E-state index is 12.9. The first-order valence-electron chi connectivity index (χ1n) is 8.82. The Bertz CT molecular complexity index is 487. The van der Waals surface area contributed by atoms with Crippen LogP contribution in [-0.4, -0.2) is 46.9 Å². The fourth-order valence-corrected chi connectivity index (χ4v) is 3.23. The van der Waals surface area contributed by atoms with Crippen LogP contribution < -0.4 is 5.32 Å². The maximum Gasteiger partial charge on any atom is 0.311 e. The van der Waals surface area contributed by atoms with E-state index in [-0.39, 0.29) is 36.1 Å². The topological polar surface area (TPSA) is 86.7 Å². The molecule has 2 atom stereocenters. The monoisotopic (exact) mass is 340 g/mol. The summed E-state index contributed by atoms with van der Waals surface area (Å²) in [4.78, 5) is 38.2. The number of carbonyl (C=O) groups excluding carboxylic acids is 2. The van der Waals surface area contributed by atoms with Crippen molar-refractivity contribution in [1.29, 1.82) is 0 Å². The number of nitrogens with one attached hydrogen (secondary N) is 1. The van der Waals surface area contributed by atoms with Gasteiger partial charge in [-0.2, -0.15) is 0 Å². The number of rotatable bonds is 7. The summed E-state index contributed by atoms with van der Waals surface area (Å²) >= 11 is 0. The minimum absolute atomic E-state index is 0.0486. The van der Waals surface area contributed by atoms with Gasteiger partial charge < -0.3 is 15.3 Å². The molecule has 2 unspecified atom stereocenters. The predicted octanol–water partition coefficient (Wildman–Crippen LogP) is 2.13. The number of carboxylic acid groups (broad SMARTS) is 1. The third kappa shape index (κ3) is 4.48. The summed E-state index contributed by atoms with van der Waals surface area (Å²) in [5, 5.41) is 12.5. The van der Waals surface area contributed by atoms with E-state index in [1.165, 1.54) is 0 Å². The molecule has 138 valence electrons. The van der Waals surface area contributed by atoms with Crippen LogP contribution in [0, 0.1) is 23.2 Å². The molecule has 6 heteroatoms. The molecule has 1 aliphatic heterocycles. The van der Waals surface area contributed by atoms with Crippen LogP contribution in [-0.2, 0) is 14.4 Å². The molecule has 1 rings (SSSR count). The number of amides is 2. The largest absolute Gasteiger partial charge is 0.481 e. The zero-order valence-electron chi connectivity index (χ0n) is 15.8. The first kappa shape index (κ1) is 20.5. The van der Waals surface area contributed by atoms with E-state index in [1.807, 2.05) is 41.5 Å². The molecule has 0 spiro atoms. The van der Waals surface area contributed by atoms with Gasteiger partial charge in [0.1, 0.15) is 6.04 Å². The van der Waals surface area contributed by atoms with Gasteiger partial charge in [0.15, 0.2) is 0 Å². The quantitative estimate of drug-likeness (QED) is 0.743. The Hall–Kier alpha value is -1.59. The zero-order chi connectivity index (χ0) is 18.7. The number of aliphatic carboxylic acids is 1. The van der Waals surface area contributed by atoms with Crippen molar-refractivity contribution in [2.24, 2.45) is 23.2 Å². The van der Waals surface area contributed by atoms with Crippen LogP contribution >= 0.6 is 0 Å². The third-order valence-electron chi connectivity index (χ3n) is 4.99. The molecule has 1 heterocycles. The highest BCUT2D eigenvalue weighted by atomic mass is 16.4. The first-order chi connectivity index (χ1) is 11.0. The second-order valence-electron chi connectivity index (χ2n) is 8.01. The highest BCUT2D eigenvalue weighted by molar-refractivity contribution is 5.89. The molecule has 1 saturated heterocycles. The molecule has 1 fully saturated rings. The van der Waals surface area contributed by atoms with E-state index < -0.39 is 17.4 Å². The van der Waals surface area contributed by atoms with Crippen molar-refractivity contribution in [2.45, 2.75) is 60.4 Å². The highest BCUT2D eigenvalue weighted by Gasteiger charge is 2.49. The Morgan fingerprint density at radius 2 is 1.71 bits per heavy atom. The van der Waals surface area contributed by atoms with Crippen molar-refractivity contribution >= 4 is 17.8 Å². The number of nitrogens with zero attached hydrogens (tertiary/aromatic N) is 1. The van der Waals surface area contributed by atoms with Crippen molar-refractivity contribution in [3.8, 4) is 0 Å². The van der Waals surface area contributed by atoms with E-state index in [4.69, 9.17) is 0 Å². The molecular weight excluding hydrogens is 308 g/mol. The maximum absolute atomic E-state index is 12.9. The fraction of sp³-hybridized carbons (Fsp3) is 0.833. The SMILES string of the molecule is CC(C)CC(=O)NC(C(=O)N1CCC(C(=O)O)(C(C)C)C1)C(C)C. The van der Waals surface area contributed by atoms with Gasteiger partial charge in [-0.15, -0.1) is 0 Å². The lowest BCUT2D eigenvalue weighted by Crippen LogP contribution is -2.52. The fourth-order valence-electron chi connectivity index (χ4n) is 3.23. The number of hydrogen-bond acceptors (Lipinski definition) is 3. The van der Waals surface area contributed by atoms with Crippen molar-refractivity contribution in [3.05, 3.63) is 0 Å². The molecule has 0 bridgehead atoms. The normalized spacial score (nSPS) is 22.3. The smallest absolute Gasteiger partial charge is 0.311 e. The summed E-state index contributed by atoms with van der Waals surface area (Å²) in [7, 11) is 0. The van der Waals surface area contributed by atoms with Gasteiger partial charge in [-0.25, -0.2) is 0 Å². The molecule has 0 saturated carbocycles. The van der Waals surface area contributed by atoms with Crippen molar-refractivity contribution < 1.29 is 19.5 Å². The Morgan fingerprint density at radius 3 is 2.08 bits per heavy atom. The van der Waals surface area contributed by atoms with Crippen LogP contribution in [0.4, 0.5) is 0 Å². The molecule has 24 heavy (non-hydrogen) atoms. The van der Waals surface area contributed by atoms with Crippen molar-refractivity contribution in [1.82, 2.24) is 10.2 Å². The van der Waals surface area contributed by atoms with Gasteiger partial charge in [0.25, 0.3) is 0 Å². The molecule has 0 aromatic carbocycles. The molecule has 1 aliphatic rings. The minimum Gasteiger partial charge on any atom is -0.481 e. The molecule has 2 N–H and O–H groups in total. The summed E-state index contributed by atoms with van der Waals surface area (Å²) in [5.74, 6) is -1.04. The lowest BCUT2D eigenvalue weighted by atomic mass is 9.76. The minimum atomic E-state index is -0.890. The summed E-state index contributed by atoms with van der Waals surface area (Å²) in [6.07, 6.45) is 0.831. The molecular formula is C18H32N2O4. The van der Waals surface area contributed by atoms with Gasteiger partial charge in [-0.1, -0.05) is 41.5 Å². The molecule has 0 aromatic rings. The van der Waals surface area contributed by atoms with Gasteiger partial charge in [-0.3, -0.25) is 14.4 Å². The predicted molar refractivity (Wildman–Crippen MR) is 92.3 cm³/mol. The Balaban J connectivity index is 2.86. The summed E-state index contributed by atoms with van der Waals surface area (Å²) in [5.41, 5.74) is -0.890. The van der Waals surface area contributed by atoms with E-state index in [2.05, 4.69) is 5.32 Å². The van der Waals surface area contributed by atoms with Gasteiger partial charge in [0.2, 0.25) is 11.8 Å². The Kier molecular flexibility index (Phi) is 6.81. The van der Waals surface area contributed by atoms with Gasteiger partial charge in [-0.05, 0) is 24.2 Å². The summed E-state index contributed by atoms with van der Waals surface area (Å²) < 4.78 is 0. The van der Waals surface area contributed by atoms with E-state index in [0.717, 1.165) is 0 Å². The second kappa shape index (κ2) is 7.99. The third-order valence-corrected chi connectivity index (χ3v) is 4.99. The number of hydrogen-bond donors (Lipinski definition) is 2. The van der Waals surface area contributed by atoms with E-state index >= 15 is 0 Å². The van der Waals surface area contributed by atoms with Crippen molar-refractivity contribution in [3.63, 3.8) is 0 Å². The lowest BCUT2D eigenvalue weighted by Gasteiger charge is -2.31. The molecule has 0 radical (unpaired) electrons. The average molecular weight is 340 g/mol. The van der Waals surface area contributed by atoms with Gasteiger partial charge in [0, 0.05) is 19.5 Å². The van der Waals surface area contributed by atoms with E-state index in [9.17, 15) is 19.5 Å². The lowest BCUT2D eigenvalue weighted by molar-refractivity contribution is -0.151. The standard InChI is InChI=1S/C18H32N2O4/c1-11(2)9-14(21)19-15(12(3)4)16(22)20-8-7-18(10-20,13(5)6)17(23)24/h11-13,15H,7-10H2,1-6H3,(H,19,21)(H,23,24). The van der Waals surface area contributed by atoms with Crippen LogP contribution in [0.3, 0.4) is 0 Å². The Labute approximate surface area is 145 Å². The molecule has 0 aromatic heterocycles. The average Bonchev–Trinajstić information content (AvgIpc) is 2.89. The van der Waals surface area contributed by atoms with Gasteiger partial charge in [0.05, 0.1) is 5.41 Å². The van der Waals surface area contributed by atoms with Crippen LogP contribution in [0.2, 0.25) is 0 Å². The highest BCUT2D eigenvalue weighted by Crippen LogP contribution is 2.38. The number of carboxylic acids is 1. The number of likely N-dealkylation sites (tertiary alicyclic amines) is 1. The number of carbonyl (C=O) groups is 3. The summed E-state index contributed by atoms with van der Waals surface area (Å²) in [6.45, 7) is 12.1. The van der Waals surface area contributed by atoms with E-state index in [0.29, 0.717) is 19.4 Å². The second-order valence-corrected chi connectivity index (χ2v) is 8.01. The van der Waals surface area contributed by atoms with Crippen molar-refractivity contribution in [2.75, 3.05) is 13.1 Å². The van der Waals surface area contributed by atoms with Crippen LogP contribution in [0.5, 0.6) is 0 Å². The van der Waals surface area contributed by atoms with Gasteiger partial charge >= 0.3 is 5.97 Å². The first-order valence-corrected chi connectivity index (χ1v) is 8.82. The Morgan fingerprint density at radius 1 is 1.12 bits per heavy atom. The van der Waals surface area contributed by atoms with Crippen LogP contribution in [0.15, 0.2) is 0 Å². The van der Waals surface area contributed by atoms with Crippen LogP contribution in [0.1, 0.15) is 54.4 Å². The zero-order valence-corrected chi connectivity index (χ0v) is 15.8. The molecule has 2 amide bonds. The van der Waals surface area contributed by atoms with Crippen LogP contribution in [0.25, 0.3) is 0 Å². The molecule has 0 aliphatic carbocycles. The summed E-state index contributed by atoms with van der Waals surface area (Å²) in [6, 6.07) is -0.604. The van der Waals surface area contributed by atoms with E-state index in [1.54, 1.807) is 4.90 Å².